The molecule has 0 saturated heterocycles. The Bertz CT molecular complexity index is 1000. The average molecular weight is 342 g/mol. The van der Waals surface area contributed by atoms with Crippen LogP contribution < -0.4 is 19.6 Å². The van der Waals surface area contributed by atoms with Crippen LogP contribution in [0.5, 0.6) is 23.0 Å². The fourth-order valence-corrected chi connectivity index (χ4v) is 2.74. The zero-order valence-corrected chi connectivity index (χ0v) is 14.4. The zero-order chi connectivity index (χ0) is 18.1. The Morgan fingerprint density at radius 3 is 2.24 bits per heavy atom. The molecule has 0 radical (unpaired) electrons. The molecule has 0 amide bonds. The number of aryl methyl sites for hydroxylation is 1. The number of methoxy groups -OCH3 is 3. The molecule has 0 spiro atoms. The van der Waals surface area contributed by atoms with Gasteiger partial charge in [-0.05, 0) is 24.6 Å². The van der Waals surface area contributed by atoms with E-state index in [1.165, 1.54) is 21.3 Å². The maximum atomic E-state index is 12.5. The smallest absolute Gasteiger partial charge is 0.235 e. The molecule has 0 saturated carbocycles. The summed E-state index contributed by atoms with van der Waals surface area (Å²) in [6.07, 6.45) is 0. The highest BCUT2D eigenvalue weighted by Gasteiger charge is 2.22. The maximum absolute atomic E-state index is 12.5. The summed E-state index contributed by atoms with van der Waals surface area (Å²) >= 11 is 0. The molecule has 6 heteroatoms. The van der Waals surface area contributed by atoms with Gasteiger partial charge in [0.05, 0.1) is 32.3 Å². The molecule has 1 N–H and O–H groups in total. The third-order valence-electron chi connectivity index (χ3n) is 4.04. The Labute approximate surface area is 144 Å². The van der Waals surface area contributed by atoms with Crippen molar-refractivity contribution in [2.75, 3.05) is 21.3 Å². The van der Waals surface area contributed by atoms with E-state index in [0.29, 0.717) is 33.8 Å². The largest absolute Gasteiger partial charge is 0.502 e. The second-order valence-corrected chi connectivity index (χ2v) is 5.47. The first kappa shape index (κ1) is 16.7. The van der Waals surface area contributed by atoms with Crippen molar-refractivity contribution in [3.05, 3.63) is 46.1 Å². The fraction of sp³-hybridized carbons (Fsp3) is 0.211. The first-order chi connectivity index (χ1) is 12.0. The Kier molecular flexibility index (Phi) is 4.27. The first-order valence-electron chi connectivity index (χ1n) is 7.57. The summed E-state index contributed by atoms with van der Waals surface area (Å²) in [4.78, 5) is 12.5. The Hall–Kier alpha value is -3.15. The number of aromatic hydroxyl groups is 1. The molecule has 0 atom stereocenters. The monoisotopic (exact) mass is 342 g/mol. The van der Waals surface area contributed by atoms with Crippen LogP contribution in [0.25, 0.3) is 22.3 Å². The minimum Gasteiger partial charge on any atom is -0.502 e. The van der Waals surface area contributed by atoms with Gasteiger partial charge in [0.15, 0.2) is 17.3 Å². The predicted octanol–water partition coefficient (Wildman–Crippen LogP) is 3.50. The van der Waals surface area contributed by atoms with Crippen molar-refractivity contribution in [1.82, 2.24) is 0 Å². The van der Waals surface area contributed by atoms with Gasteiger partial charge in [0, 0.05) is 6.07 Å². The zero-order valence-electron chi connectivity index (χ0n) is 14.4. The Morgan fingerprint density at radius 2 is 1.60 bits per heavy atom. The van der Waals surface area contributed by atoms with Crippen LogP contribution in [-0.4, -0.2) is 26.4 Å². The van der Waals surface area contributed by atoms with Crippen LogP contribution in [0, 0.1) is 6.92 Å². The summed E-state index contributed by atoms with van der Waals surface area (Å²) < 4.78 is 21.8. The van der Waals surface area contributed by atoms with E-state index < -0.39 is 11.2 Å². The van der Waals surface area contributed by atoms with Crippen LogP contribution in [0.1, 0.15) is 5.56 Å². The van der Waals surface area contributed by atoms with E-state index in [1.807, 2.05) is 13.0 Å². The number of para-hydroxylation sites is 1. The highest BCUT2D eigenvalue weighted by molar-refractivity contribution is 5.85. The quantitative estimate of drug-likeness (QED) is 0.782. The highest BCUT2D eigenvalue weighted by atomic mass is 16.5. The molecule has 1 heterocycles. The average Bonchev–Trinajstić information content (AvgIpc) is 2.64. The highest BCUT2D eigenvalue weighted by Crippen LogP contribution is 2.43. The van der Waals surface area contributed by atoms with Gasteiger partial charge >= 0.3 is 0 Å². The van der Waals surface area contributed by atoms with E-state index >= 15 is 0 Å². The van der Waals surface area contributed by atoms with Gasteiger partial charge < -0.3 is 23.7 Å². The number of benzene rings is 2. The second kappa shape index (κ2) is 6.39. The molecular weight excluding hydrogens is 324 g/mol. The lowest BCUT2D eigenvalue weighted by atomic mass is 10.1. The lowest BCUT2D eigenvalue weighted by molar-refractivity contribution is 0.349. The summed E-state index contributed by atoms with van der Waals surface area (Å²) in [6, 6.07) is 8.39. The molecule has 130 valence electrons. The van der Waals surface area contributed by atoms with E-state index in [-0.39, 0.29) is 5.76 Å². The summed E-state index contributed by atoms with van der Waals surface area (Å²) in [5, 5.41) is 10.7. The SMILES string of the molecule is COc1cc(OC)c(-c2oc3c(C)cccc3c(=O)c2O)cc1OC. The topological polar surface area (TPSA) is 78.1 Å². The lowest BCUT2D eigenvalue weighted by Crippen LogP contribution is -2.04. The third-order valence-corrected chi connectivity index (χ3v) is 4.04. The van der Waals surface area contributed by atoms with Crippen molar-refractivity contribution >= 4 is 11.0 Å². The molecule has 3 aromatic rings. The molecule has 6 nitrogen and oxygen atoms in total. The van der Waals surface area contributed by atoms with Gasteiger partial charge in [-0.1, -0.05) is 12.1 Å². The van der Waals surface area contributed by atoms with Crippen LogP contribution in [0.2, 0.25) is 0 Å². The van der Waals surface area contributed by atoms with Crippen molar-refractivity contribution in [1.29, 1.82) is 0 Å². The molecule has 2 aromatic carbocycles. The number of ether oxygens (including phenoxy) is 3. The van der Waals surface area contributed by atoms with Crippen LogP contribution in [0.3, 0.4) is 0 Å². The Balaban J connectivity index is 2.38. The molecule has 0 unspecified atom stereocenters. The molecule has 0 bridgehead atoms. The predicted molar refractivity (Wildman–Crippen MR) is 94.0 cm³/mol. The number of hydrogen-bond donors (Lipinski definition) is 1. The van der Waals surface area contributed by atoms with Crippen LogP contribution >= 0.6 is 0 Å². The summed E-state index contributed by atoms with van der Waals surface area (Å²) in [7, 11) is 4.48. The minimum atomic E-state index is -0.503. The van der Waals surface area contributed by atoms with E-state index in [0.717, 1.165) is 5.56 Å². The minimum absolute atomic E-state index is 0.0182. The van der Waals surface area contributed by atoms with E-state index in [1.54, 1.807) is 24.3 Å². The molecule has 25 heavy (non-hydrogen) atoms. The molecule has 1 aromatic heterocycles. The fourth-order valence-electron chi connectivity index (χ4n) is 2.74. The van der Waals surface area contributed by atoms with Gasteiger partial charge in [-0.3, -0.25) is 4.79 Å². The summed E-state index contributed by atoms with van der Waals surface area (Å²) in [5.41, 5.74) is 1.09. The lowest BCUT2D eigenvalue weighted by Gasteiger charge is -2.14. The molecule has 0 aliphatic rings. The second-order valence-electron chi connectivity index (χ2n) is 5.47. The van der Waals surface area contributed by atoms with Gasteiger partial charge in [0.2, 0.25) is 11.2 Å². The molecule has 0 aliphatic heterocycles. The van der Waals surface area contributed by atoms with Crippen LogP contribution in [-0.2, 0) is 0 Å². The summed E-state index contributed by atoms with van der Waals surface area (Å²) in [6.45, 7) is 1.83. The van der Waals surface area contributed by atoms with Crippen molar-refractivity contribution in [2.24, 2.45) is 0 Å². The number of rotatable bonds is 4. The van der Waals surface area contributed by atoms with E-state index in [9.17, 15) is 9.90 Å². The van der Waals surface area contributed by atoms with Crippen LogP contribution in [0.4, 0.5) is 0 Å². The van der Waals surface area contributed by atoms with Gasteiger partial charge in [-0.25, -0.2) is 0 Å². The first-order valence-corrected chi connectivity index (χ1v) is 7.57. The van der Waals surface area contributed by atoms with Crippen LogP contribution in [0.15, 0.2) is 39.5 Å². The number of fused-ring (bicyclic) bond motifs is 1. The molecule has 0 aliphatic carbocycles. The molecule has 0 fully saturated rings. The summed E-state index contributed by atoms with van der Waals surface area (Å²) in [5.74, 6) is 0.796. The maximum Gasteiger partial charge on any atom is 0.235 e. The van der Waals surface area contributed by atoms with Gasteiger partial charge in [0.25, 0.3) is 0 Å². The number of hydrogen-bond acceptors (Lipinski definition) is 6. The molecule has 3 rings (SSSR count). The van der Waals surface area contributed by atoms with Crippen molar-refractivity contribution in [2.45, 2.75) is 6.92 Å². The van der Waals surface area contributed by atoms with E-state index in [2.05, 4.69) is 0 Å². The third kappa shape index (κ3) is 2.65. The Morgan fingerprint density at radius 1 is 0.960 bits per heavy atom. The standard InChI is InChI=1S/C19H18O6/c1-10-6-5-7-11-16(20)17(21)19(25-18(10)11)12-8-14(23-3)15(24-4)9-13(12)22-2/h5-9,21H,1-4H3. The van der Waals surface area contributed by atoms with E-state index in [4.69, 9.17) is 18.6 Å². The van der Waals surface area contributed by atoms with Crippen molar-refractivity contribution in [3.8, 4) is 34.3 Å². The van der Waals surface area contributed by atoms with Crippen molar-refractivity contribution < 1.29 is 23.7 Å². The van der Waals surface area contributed by atoms with Gasteiger partial charge in [0.1, 0.15) is 11.3 Å². The van der Waals surface area contributed by atoms with Crippen molar-refractivity contribution in [3.63, 3.8) is 0 Å². The van der Waals surface area contributed by atoms with Gasteiger partial charge in [-0.2, -0.15) is 0 Å². The van der Waals surface area contributed by atoms with Gasteiger partial charge in [-0.15, -0.1) is 0 Å². The molecular formula is C19H18O6. The normalized spacial score (nSPS) is 10.7.